The van der Waals surface area contributed by atoms with Gasteiger partial charge < -0.3 is 19.7 Å². The zero-order valence-corrected chi connectivity index (χ0v) is 17.3. The Morgan fingerprint density at radius 3 is 2.50 bits per heavy atom. The van der Waals surface area contributed by atoms with Gasteiger partial charge in [0.25, 0.3) is 5.91 Å². The number of aliphatic hydroxyl groups excluding tert-OH is 1. The van der Waals surface area contributed by atoms with Crippen molar-refractivity contribution in [3.63, 3.8) is 0 Å². The molecular formula is C24H28N2O4. The average molecular weight is 408 g/mol. The predicted octanol–water partition coefficient (Wildman–Crippen LogP) is 4.24. The van der Waals surface area contributed by atoms with Gasteiger partial charge in [-0.2, -0.15) is 0 Å². The largest absolute Gasteiger partial charge is 0.451 e. The SMILES string of the molecule is CCCCCN(CCO)C(=O)Cc1ccc(NC(=O)c2cc3ccccc3o2)cc1. The summed E-state index contributed by atoms with van der Waals surface area (Å²) in [6.45, 7) is 3.10. The molecule has 6 nitrogen and oxygen atoms in total. The van der Waals surface area contributed by atoms with E-state index in [1.807, 2.05) is 36.4 Å². The van der Waals surface area contributed by atoms with E-state index in [9.17, 15) is 14.7 Å². The minimum absolute atomic E-state index is 0.000728. The summed E-state index contributed by atoms with van der Waals surface area (Å²) < 4.78 is 5.59. The molecule has 0 atom stereocenters. The van der Waals surface area contributed by atoms with Crippen molar-refractivity contribution >= 4 is 28.5 Å². The number of hydrogen-bond acceptors (Lipinski definition) is 4. The molecule has 0 aliphatic rings. The van der Waals surface area contributed by atoms with Gasteiger partial charge in [-0.25, -0.2) is 0 Å². The molecule has 0 aliphatic carbocycles. The molecule has 0 radical (unpaired) electrons. The molecule has 2 amide bonds. The van der Waals surface area contributed by atoms with Crippen LogP contribution in [0.15, 0.2) is 59.0 Å². The quantitative estimate of drug-likeness (QED) is 0.492. The third kappa shape index (κ3) is 5.70. The summed E-state index contributed by atoms with van der Waals surface area (Å²) in [6.07, 6.45) is 3.36. The number of rotatable bonds is 10. The topological polar surface area (TPSA) is 82.8 Å². The van der Waals surface area contributed by atoms with Crippen LogP contribution in [0.1, 0.15) is 42.3 Å². The van der Waals surface area contributed by atoms with E-state index in [0.717, 1.165) is 30.2 Å². The summed E-state index contributed by atoms with van der Waals surface area (Å²) in [4.78, 5) is 26.7. The molecule has 0 bridgehead atoms. The van der Waals surface area contributed by atoms with E-state index in [0.29, 0.717) is 24.4 Å². The van der Waals surface area contributed by atoms with E-state index in [4.69, 9.17) is 4.42 Å². The number of anilines is 1. The first kappa shape index (κ1) is 21.6. The number of fused-ring (bicyclic) bond motifs is 1. The Morgan fingerprint density at radius 1 is 1.03 bits per heavy atom. The van der Waals surface area contributed by atoms with Crippen molar-refractivity contribution in [2.45, 2.75) is 32.6 Å². The number of aliphatic hydroxyl groups is 1. The minimum Gasteiger partial charge on any atom is -0.451 e. The lowest BCUT2D eigenvalue weighted by Crippen LogP contribution is -2.35. The number of para-hydroxylation sites is 1. The van der Waals surface area contributed by atoms with Crippen LogP contribution < -0.4 is 5.32 Å². The molecule has 2 N–H and O–H groups in total. The van der Waals surface area contributed by atoms with Gasteiger partial charge in [0.2, 0.25) is 5.91 Å². The molecule has 0 saturated carbocycles. The second-order valence-electron chi connectivity index (χ2n) is 7.29. The Balaban J connectivity index is 1.58. The van der Waals surface area contributed by atoms with Crippen LogP contribution in [0.2, 0.25) is 0 Å². The van der Waals surface area contributed by atoms with Crippen LogP contribution in [0.3, 0.4) is 0 Å². The van der Waals surface area contributed by atoms with E-state index in [-0.39, 0.29) is 30.6 Å². The van der Waals surface area contributed by atoms with Crippen LogP contribution in [0.4, 0.5) is 5.69 Å². The molecule has 0 spiro atoms. The maximum absolute atomic E-state index is 12.6. The number of benzene rings is 2. The molecule has 1 aromatic heterocycles. The van der Waals surface area contributed by atoms with Gasteiger partial charge in [0.05, 0.1) is 13.0 Å². The van der Waals surface area contributed by atoms with E-state index < -0.39 is 0 Å². The first-order valence-corrected chi connectivity index (χ1v) is 10.4. The van der Waals surface area contributed by atoms with Crippen molar-refractivity contribution in [2.75, 3.05) is 25.0 Å². The second-order valence-corrected chi connectivity index (χ2v) is 7.29. The second kappa shape index (κ2) is 10.6. The predicted molar refractivity (Wildman–Crippen MR) is 118 cm³/mol. The molecule has 0 unspecified atom stereocenters. The Hall–Kier alpha value is -3.12. The molecule has 0 aliphatic heterocycles. The fourth-order valence-corrected chi connectivity index (χ4v) is 3.31. The molecular weight excluding hydrogens is 380 g/mol. The monoisotopic (exact) mass is 408 g/mol. The smallest absolute Gasteiger partial charge is 0.291 e. The molecule has 158 valence electrons. The molecule has 1 heterocycles. The van der Waals surface area contributed by atoms with Gasteiger partial charge >= 0.3 is 0 Å². The van der Waals surface area contributed by atoms with Gasteiger partial charge in [-0.3, -0.25) is 9.59 Å². The molecule has 0 saturated heterocycles. The first-order chi connectivity index (χ1) is 14.6. The number of carbonyl (C=O) groups excluding carboxylic acids is 2. The van der Waals surface area contributed by atoms with Crippen molar-refractivity contribution in [3.05, 3.63) is 65.9 Å². The highest BCUT2D eigenvalue weighted by Gasteiger charge is 2.15. The van der Waals surface area contributed by atoms with Crippen molar-refractivity contribution in [2.24, 2.45) is 0 Å². The number of hydrogen-bond donors (Lipinski definition) is 2. The summed E-state index contributed by atoms with van der Waals surface area (Å²) in [6, 6.07) is 16.4. The van der Waals surface area contributed by atoms with Crippen LogP contribution in [0.25, 0.3) is 11.0 Å². The highest BCUT2D eigenvalue weighted by molar-refractivity contribution is 6.04. The van der Waals surface area contributed by atoms with Gasteiger partial charge in [0.1, 0.15) is 5.58 Å². The number of nitrogens with zero attached hydrogens (tertiary/aromatic N) is 1. The normalized spacial score (nSPS) is 10.9. The van der Waals surface area contributed by atoms with Crippen molar-refractivity contribution in [3.8, 4) is 0 Å². The van der Waals surface area contributed by atoms with Gasteiger partial charge in [0, 0.05) is 24.2 Å². The standard InChI is InChI=1S/C24H28N2O4/c1-2-3-6-13-26(14-15-27)23(28)16-18-9-11-20(12-10-18)25-24(29)22-17-19-7-4-5-8-21(19)30-22/h4-5,7-12,17,27H,2-3,6,13-16H2,1H3,(H,25,29). The molecule has 2 aromatic carbocycles. The van der Waals surface area contributed by atoms with Crippen LogP contribution in [-0.2, 0) is 11.2 Å². The maximum Gasteiger partial charge on any atom is 0.291 e. The molecule has 0 fully saturated rings. The third-order valence-corrected chi connectivity index (χ3v) is 4.97. The lowest BCUT2D eigenvalue weighted by atomic mass is 10.1. The highest BCUT2D eigenvalue weighted by Crippen LogP contribution is 2.20. The number of carbonyl (C=O) groups is 2. The summed E-state index contributed by atoms with van der Waals surface area (Å²) in [5.41, 5.74) is 2.16. The molecule has 30 heavy (non-hydrogen) atoms. The van der Waals surface area contributed by atoms with Crippen LogP contribution in [0.5, 0.6) is 0 Å². The number of furan rings is 1. The number of amides is 2. The zero-order chi connectivity index (χ0) is 21.3. The Morgan fingerprint density at radius 2 is 1.80 bits per heavy atom. The van der Waals surface area contributed by atoms with Crippen molar-refractivity contribution < 1.29 is 19.1 Å². The first-order valence-electron chi connectivity index (χ1n) is 10.4. The molecule has 3 rings (SSSR count). The Labute approximate surface area is 176 Å². The summed E-state index contributed by atoms with van der Waals surface area (Å²) in [7, 11) is 0. The third-order valence-electron chi connectivity index (χ3n) is 4.97. The Kier molecular flexibility index (Phi) is 7.63. The average Bonchev–Trinajstić information content (AvgIpc) is 3.19. The lowest BCUT2D eigenvalue weighted by molar-refractivity contribution is -0.131. The van der Waals surface area contributed by atoms with Gasteiger partial charge in [-0.1, -0.05) is 50.1 Å². The van der Waals surface area contributed by atoms with Crippen LogP contribution in [-0.4, -0.2) is 41.5 Å². The fraction of sp³-hybridized carbons (Fsp3) is 0.333. The van der Waals surface area contributed by atoms with Gasteiger partial charge in [0.15, 0.2) is 5.76 Å². The fourth-order valence-electron chi connectivity index (χ4n) is 3.31. The van der Waals surface area contributed by atoms with Gasteiger partial charge in [-0.05, 0) is 36.2 Å². The minimum atomic E-state index is -0.319. The molecule has 6 heteroatoms. The number of nitrogens with one attached hydrogen (secondary N) is 1. The molecule has 3 aromatic rings. The summed E-state index contributed by atoms with van der Waals surface area (Å²) in [5.74, 6) is -0.0681. The summed E-state index contributed by atoms with van der Waals surface area (Å²) >= 11 is 0. The highest BCUT2D eigenvalue weighted by atomic mass is 16.3. The zero-order valence-electron chi connectivity index (χ0n) is 17.3. The van der Waals surface area contributed by atoms with E-state index in [1.54, 1.807) is 23.1 Å². The lowest BCUT2D eigenvalue weighted by Gasteiger charge is -2.21. The van der Waals surface area contributed by atoms with Crippen LogP contribution in [0, 0.1) is 0 Å². The van der Waals surface area contributed by atoms with Crippen molar-refractivity contribution in [1.82, 2.24) is 4.90 Å². The Bertz CT molecular complexity index is 945. The van der Waals surface area contributed by atoms with Crippen LogP contribution >= 0.6 is 0 Å². The van der Waals surface area contributed by atoms with E-state index in [2.05, 4.69) is 12.2 Å². The van der Waals surface area contributed by atoms with E-state index >= 15 is 0 Å². The summed E-state index contributed by atoms with van der Waals surface area (Å²) in [5, 5.41) is 12.9. The van der Waals surface area contributed by atoms with Crippen molar-refractivity contribution in [1.29, 1.82) is 0 Å². The van der Waals surface area contributed by atoms with E-state index in [1.165, 1.54) is 0 Å². The van der Waals surface area contributed by atoms with Gasteiger partial charge in [-0.15, -0.1) is 0 Å². The maximum atomic E-state index is 12.6. The number of unbranched alkanes of at least 4 members (excludes halogenated alkanes) is 2.